The van der Waals surface area contributed by atoms with E-state index < -0.39 is 0 Å². The van der Waals surface area contributed by atoms with Gasteiger partial charge in [0.1, 0.15) is 5.37 Å². The van der Waals surface area contributed by atoms with Gasteiger partial charge in [-0.15, -0.1) is 11.8 Å². The van der Waals surface area contributed by atoms with Crippen LogP contribution in [0.2, 0.25) is 0 Å². The monoisotopic (exact) mass is 394 g/mol. The molecule has 4 rings (SSSR count). The number of hydrogen-bond donors (Lipinski definition) is 1. The average molecular weight is 395 g/mol. The molecule has 1 aliphatic heterocycles. The number of fused-ring (bicyclic) bond motifs is 1. The highest BCUT2D eigenvalue weighted by Gasteiger charge is 2.34. The first-order valence-corrected chi connectivity index (χ1v) is 11.0. The lowest BCUT2D eigenvalue weighted by atomic mass is 10.1. The summed E-state index contributed by atoms with van der Waals surface area (Å²) in [6.45, 7) is 4.06. The van der Waals surface area contributed by atoms with E-state index in [0.717, 1.165) is 29.8 Å². The van der Waals surface area contributed by atoms with Crippen LogP contribution >= 0.6 is 11.8 Å². The van der Waals surface area contributed by atoms with Gasteiger partial charge in [0.05, 0.1) is 5.75 Å². The highest BCUT2D eigenvalue weighted by molar-refractivity contribution is 8.00. The molecule has 1 N–H and O–H groups in total. The lowest BCUT2D eigenvalue weighted by Crippen LogP contribution is -2.27. The van der Waals surface area contributed by atoms with E-state index in [1.807, 2.05) is 43.0 Å². The Kier molecular flexibility index (Phi) is 5.44. The number of hydrogen-bond acceptors (Lipinski definition) is 3. The lowest BCUT2D eigenvalue weighted by molar-refractivity contribution is -0.117. The summed E-state index contributed by atoms with van der Waals surface area (Å²) < 4.78 is 0. The van der Waals surface area contributed by atoms with Gasteiger partial charge in [-0.05, 0) is 66.1 Å². The van der Waals surface area contributed by atoms with Crippen molar-refractivity contribution < 1.29 is 9.59 Å². The topological polar surface area (TPSA) is 49.4 Å². The number of carbonyl (C=O) groups is 2. The van der Waals surface area contributed by atoms with Crippen LogP contribution < -0.4 is 10.2 Å². The van der Waals surface area contributed by atoms with E-state index in [9.17, 15) is 9.59 Å². The molecule has 0 saturated carbocycles. The maximum absolute atomic E-state index is 12.6. The minimum Gasteiger partial charge on any atom is -0.326 e. The molecular formula is C23H26N2O2S. The fourth-order valence-electron chi connectivity index (χ4n) is 3.97. The van der Waals surface area contributed by atoms with Crippen molar-refractivity contribution in [1.29, 1.82) is 0 Å². The molecule has 1 heterocycles. The second-order valence-electron chi connectivity index (χ2n) is 8.00. The number of nitrogens with zero attached hydrogens (tertiary/aromatic N) is 1. The van der Waals surface area contributed by atoms with Crippen LogP contribution in [0.3, 0.4) is 0 Å². The van der Waals surface area contributed by atoms with Crippen LogP contribution in [0.25, 0.3) is 0 Å². The Hall–Kier alpha value is -2.27. The normalized spacial score (nSPS) is 18.6. The SMILES string of the molecule is CC(C)CC(=O)Nc1ccc([C@H]2SCC(=O)N2c2ccc3c(c2)CCC3)cc1. The second kappa shape index (κ2) is 8.00. The fourth-order valence-corrected chi connectivity index (χ4v) is 5.15. The van der Waals surface area contributed by atoms with Crippen LogP contribution in [-0.2, 0) is 22.4 Å². The van der Waals surface area contributed by atoms with Crippen LogP contribution in [0.4, 0.5) is 11.4 Å². The fraction of sp³-hybridized carbons (Fsp3) is 0.391. The third-order valence-corrected chi connectivity index (χ3v) is 6.51. The summed E-state index contributed by atoms with van der Waals surface area (Å²) >= 11 is 1.66. The highest BCUT2D eigenvalue weighted by atomic mass is 32.2. The maximum Gasteiger partial charge on any atom is 0.238 e. The molecule has 1 atom stereocenters. The molecule has 1 fully saturated rings. The molecule has 2 aliphatic rings. The third kappa shape index (κ3) is 3.95. The Morgan fingerprint density at radius 1 is 1.14 bits per heavy atom. The quantitative estimate of drug-likeness (QED) is 0.781. The van der Waals surface area contributed by atoms with Crippen molar-refractivity contribution >= 4 is 35.0 Å². The molecule has 2 aromatic rings. The van der Waals surface area contributed by atoms with Crippen molar-refractivity contribution in [3.63, 3.8) is 0 Å². The number of anilines is 2. The van der Waals surface area contributed by atoms with Crippen molar-refractivity contribution in [3.05, 3.63) is 59.2 Å². The van der Waals surface area contributed by atoms with Gasteiger partial charge in [-0.2, -0.15) is 0 Å². The summed E-state index contributed by atoms with van der Waals surface area (Å²) in [5, 5.41) is 2.92. The van der Waals surface area contributed by atoms with E-state index in [0.29, 0.717) is 18.1 Å². The Morgan fingerprint density at radius 2 is 1.89 bits per heavy atom. The number of carbonyl (C=O) groups excluding carboxylic acids is 2. The molecule has 1 saturated heterocycles. The van der Waals surface area contributed by atoms with E-state index in [2.05, 4.69) is 23.5 Å². The molecule has 5 heteroatoms. The molecule has 0 radical (unpaired) electrons. The summed E-state index contributed by atoms with van der Waals surface area (Å²) in [6.07, 6.45) is 3.97. The van der Waals surface area contributed by atoms with Crippen LogP contribution in [0, 0.1) is 5.92 Å². The van der Waals surface area contributed by atoms with Crippen molar-refractivity contribution in [2.75, 3.05) is 16.0 Å². The molecule has 4 nitrogen and oxygen atoms in total. The zero-order chi connectivity index (χ0) is 19.7. The Bertz CT molecular complexity index is 892. The minimum absolute atomic E-state index is 0.0210. The molecule has 0 unspecified atom stereocenters. The zero-order valence-electron chi connectivity index (χ0n) is 16.4. The molecule has 0 bridgehead atoms. The average Bonchev–Trinajstić information content (AvgIpc) is 3.27. The molecular weight excluding hydrogens is 368 g/mol. The smallest absolute Gasteiger partial charge is 0.238 e. The number of benzene rings is 2. The molecule has 2 amide bonds. The van der Waals surface area contributed by atoms with Crippen molar-refractivity contribution in [2.45, 2.75) is 44.9 Å². The first kappa shape index (κ1) is 19.1. The third-order valence-electron chi connectivity index (χ3n) is 5.30. The van der Waals surface area contributed by atoms with E-state index in [1.165, 1.54) is 17.5 Å². The highest BCUT2D eigenvalue weighted by Crippen LogP contribution is 2.42. The number of amides is 2. The van der Waals surface area contributed by atoms with Crippen LogP contribution in [0.5, 0.6) is 0 Å². The molecule has 28 heavy (non-hydrogen) atoms. The van der Waals surface area contributed by atoms with Gasteiger partial charge in [-0.3, -0.25) is 14.5 Å². The molecule has 1 aliphatic carbocycles. The van der Waals surface area contributed by atoms with Gasteiger partial charge in [0.15, 0.2) is 0 Å². The first-order valence-electron chi connectivity index (χ1n) is 9.96. The Labute approximate surface area is 170 Å². The molecule has 0 aromatic heterocycles. The van der Waals surface area contributed by atoms with E-state index in [4.69, 9.17) is 0 Å². The van der Waals surface area contributed by atoms with Crippen LogP contribution in [0.1, 0.15) is 48.8 Å². The molecule has 0 spiro atoms. The molecule has 2 aromatic carbocycles. The molecule has 146 valence electrons. The summed E-state index contributed by atoms with van der Waals surface area (Å²) in [5.74, 6) is 1.02. The van der Waals surface area contributed by atoms with Gasteiger partial charge in [0.25, 0.3) is 0 Å². The summed E-state index contributed by atoms with van der Waals surface area (Å²) in [5.41, 5.74) is 5.67. The van der Waals surface area contributed by atoms with E-state index in [-0.39, 0.29) is 17.2 Å². The number of rotatable bonds is 5. The standard InChI is InChI=1S/C23H26N2O2S/c1-15(2)12-21(26)24-19-9-6-17(7-10-19)23-25(22(27)14-28-23)20-11-8-16-4-3-5-18(16)13-20/h6-11,13,15,23H,3-5,12,14H2,1-2H3,(H,24,26)/t23-/m1/s1. The number of nitrogens with one attached hydrogen (secondary N) is 1. The van der Waals surface area contributed by atoms with Gasteiger partial charge < -0.3 is 5.32 Å². The summed E-state index contributed by atoms with van der Waals surface area (Å²) in [4.78, 5) is 26.5. The van der Waals surface area contributed by atoms with E-state index in [1.54, 1.807) is 11.8 Å². The largest absolute Gasteiger partial charge is 0.326 e. The maximum atomic E-state index is 12.6. The lowest BCUT2D eigenvalue weighted by Gasteiger charge is -2.25. The van der Waals surface area contributed by atoms with Gasteiger partial charge in [-0.1, -0.05) is 32.0 Å². The van der Waals surface area contributed by atoms with Gasteiger partial charge in [0, 0.05) is 17.8 Å². The van der Waals surface area contributed by atoms with Crippen LogP contribution in [-0.4, -0.2) is 17.6 Å². The minimum atomic E-state index is -0.0210. The van der Waals surface area contributed by atoms with Gasteiger partial charge in [-0.25, -0.2) is 0 Å². The van der Waals surface area contributed by atoms with Crippen molar-refractivity contribution in [2.24, 2.45) is 5.92 Å². The van der Waals surface area contributed by atoms with Crippen LogP contribution in [0.15, 0.2) is 42.5 Å². The first-order chi connectivity index (χ1) is 13.5. The van der Waals surface area contributed by atoms with Gasteiger partial charge in [0.2, 0.25) is 11.8 Å². The second-order valence-corrected chi connectivity index (χ2v) is 9.07. The number of thioether (sulfide) groups is 1. The number of aryl methyl sites for hydroxylation is 2. The summed E-state index contributed by atoms with van der Waals surface area (Å²) in [7, 11) is 0. The summed E-state index contributed by atoms with van der Waals surface area (Å²) in [6, 6.07) is 14.3. The zero-order valence-corrected chi connectivity index (χ0v) is 17.2. The van der Waals surface area contributed by atoms with E-state index >= 15 is 0 Å². The van der Waals surface area contributed by atoms with Gasteiger partial charge >= 0.3 is 0 Å². The predicted octanol–water partition coefficient (Wildman–Crippen LogP) is 4.94. The Morgan fingerprint density at radius 3 is 2.64 bits per heavy atom. The van der Waals surface area contributed by atoms with Crippen molar-refractivity contribution in [3.8, 4) is 0 Å². The predicted molar refractivity (Wildman–Crippen MR) is 116 cm³/mol. The Balaban J connectivity index is 1.53. The van der Waals surface area contributed by atoms with Crippen molar-refractivity contribution in [1.82, 2.24) is 0 Å².